The number of likely N-dealkylation sites (tertiary alicyclic amines) is 1. The molecule has 34 heavy (non-hydrogen) atoms. The molecule has 1 atom stereocenters. The molecule has 2 heterocycles. The van der Waals surface area contributed by atoms with Crippen LogP contribution in [-0.2, 0) is 33.7 Å². The fraction of sp³-hybridized carbons (Fsp3) is 0.500. The lowest BCUT2D eigenvalue weighted by molar-refractivity contribution is -0.126. The zero-order valence-corrected chi connectivity index (χ0v) is 21.2. The van der Waals surface area contributed by atoms with Crippen LogP contribution in [0.3, 0.4) is 0 Å². The van der Waals surface area contributed by atoms with Crippen LogP contribution in [0.25, 0.3) is 0 Å². The van der Waals surface area contributed by atoms with Crippen LogP contribution in [0.4, 0.5) is 0 Å². The van der Waals surface area contributed by atoms with Crippen LogP contribution in [-0.4, -0.2) is 49.7 Å². The van der Waals surface area contributed by atoms with E-state index in [1.165, 1.54) is 29.1 Å². The molecule has 1 N–H and O–H groups in total. The Bertz CT molecular complexity index is 1090. The van der Waals surface area contributed by atoms with E-state index in [9.17, 15) is 13.2 Å². The summed E-state index contributed by atoms with van der Waals surface area (Å²) in [6.07, 6.45) is 5.23. The number of sulfonamides is 1. The summed E-state index contributed by atoms with van der Waals surface area (Å²) >= 11 is 6.00. The number of benzene rings is 2. The lowest BCUT2D eigenvalue weighted by Crippen LogP contribution is -2.45. The summed E-state index contributed by atoms with van der Waals surface area (Å²) in [5.41, 5.74) is 3.00. The summed E-state index contributed by atoms with van der Waals surface area (Å²) in [5.74, 6) is -0.519. The number of amides is 1. The highest BCUT2D eigenvalue weighted by atomic mass is 35.5. The molecule has 8 heteroatoms. The predicted octanol–water partition coefficient (Wildman–Crippen LogP) is 4.18. The maximum Gasteiger partial charge on any atom is 0.224 e. The van der Waals surface area contributed by atoms with Crippen LogP contribution >= 0.6 is 11.6 Å². The van der Waals surface area contributed by atoms with Crippen molar-refractivity contribution >= 4 is 27.5 Å². The summed E-state index contributed by atoms with van der Waals surface area (Å²) in [4.78, 5) is 15.4. The first-order chi connectivity index (χ1) is 16.4. The first-order valence-corrected chi connectivity index (χ1v) is 14.2. The van der Waals surface area contributed by atoms with Gasteiger partial charge in [-0.05, 0) is 67.6 Å². The lowest BCUT2D eigenvalue weighted by atomic mass is 9.98. The monoisotopic (exact) mass is 503 g/mol. The number of hydrogen-bond donors (Lipinski definition) is 1. The number of carbonyl (C=O) groups excluding carboxylic acids is 1. The molecule has 184 valence electrons. The zero-order valence-electron chi connectivity index (χ0n) is 19.6. The van der Waals surface area contributed by atoms with Gasteiger partial charge < -0.3 is 5.32 Å². The average molecular weight is 504 g/mol. The fourth-order valence-electron chi connectivity index (χ4n) is 4.88. The largest absolute Gasteiger partial charge is 0.352 e. The Balaban J connectivity index is 1.30. The molecule has 0 unspecified atom stereocenters. The van der Waals surface area contributed by atoms with Crippen molar-refractivity contribution in [3.05, 3.63) is 70.2 Å². The molecule has 0 bridgehead atoms. The van der Waals surface area contributed by atoms with Crippen molar-refractivity contribution in [1.29, 1.82) is 0 Å². The minimum absolute atomic E-state index is 0.0795. The van der Waals surface area contributed by atoms with Gasteiger partial charge in [0.05, 0.1) is 11.7 Å². The van der Waals surface area contributed by atoms with E-state index in [1.807, 2.05) is 12.1 Å². The third-order valence-electron chi connectivity index (χ3n) is 6.70. The first kappa shape index (κ1) is 25.2. The van der Waals surface area contributed by atoms with Gasteiger partial charge in [-0.1, -0.05) is 54.4 Å². The quantitative estimate of drug-likeness (QED) is 0.586. The van der Waals surface area contributed by atoms with Gasteiger partial charge in [-0.25, -0.2) is 12.7 Å². The van der Waals surface area contributed by atoms with Gasteiger partial charge in [-0.15, -0.1) is 0 Å². The van der Waals surface area contributed by atoms with Gasteiger partial charge in [0, 0.05) is 31.2 Å². The van der Waals surface area contributed by atoms with Gasteiger partial charge >= 0.3 is 0 Å². The Morgan fingerprint density at radius 2 is 1.68 bits per heavy atom. The van der Waals surface area contributed by atoms with Gasteiger partial charge in [0.1, 0.15) is 0 Å². The van der Waals surface area contributed by atoms with Gasteiger partial charge in [0.2, 0.25) is 15.9 Å². The lowest BCUT2D eigenvalue weighted by Gasteiger charge is -2.31. The third-order valence-corrected chi connectivity index (χ3v) is 8.75. The highest BCUT2D eigenvalue weighted by Gasteiger charge is 2.32. The van der Waals surface area contributed by atoms with Crippen molar-refractivity contribution in [2.45, 2.75) is 50.9 Å². The highest BCUT2D eigenvalue weighted by molar-refractivity contribution is 7.88. The molecular weight excluding hydrogens is 470 g/mol. The van der Waals surface area contributed by atoms with Crippen molar-refractivity contribution in [2.75, 3.05) is 26.2 Å². The van der Waals surface area contributed by atoms with Crippen LogP contribution in [0.5, 0.6) is 0 Å². The number of nitrogens with one attached hydrogen (secondary N) is 1. The summed E-state index contributed by atoms with van der Waals surface area (Å²) in [5, 5.41) is 3.55. The minimum Gasteiger partial charge on any atom is -0.352 e. The van der Waals surface area contributed by atoms with E-state index in [1.54, 1.807) is 24.3 Å². The van der Waals surface area contributed by atoms with E-state index < -0.39 is 10.0 Å². The second-order valence-corrected chi connectivity index (χ2v) is 11.9. The number of halogens is 1. The third kappa shape index (κ3) is 7.04. The Kier molecular flexibility index (Phi) is 8.64. The van der Waals surface area contributed by atoms with E-state index >= 15 is 0 Å². The number of carbonyl (C=O) groups is 1. The van der Waals surface area contributed by atoms with Crippen LogP contribution < -0.4 is 5.32 Å². The first-order valence-electron chi connectivity index (χ1n) is 12.2. The standard InChI is InChI=1S/C26H34ClN3O3S/c27-25-11-5-9-23(16-25)20-34(32,33)30-14-6-10-24(19-30)26(31)28-17-21-7-4-8-22(15-21)18-29-12-2-1-3-13-29/h4-5,7-9,11,15-16,24H,1-3,6,10,12-14,17-20H2,(H,28,31)/t24-/m0/s1. The number of rotatable bonds is 8. The second-order valence-electron chi connectivity index (χ2n) is 9.46. The maximum absolute atomic E-state index is 13.0. The molecule has 2 aromatic rings. The van der Waals surface area contributed by atoms with Crippen molar-refractivity contribution in [2.24, 2.45) is 5.92 Å². The van der Waals surface area contributed by atoms with Gasteiger partial charge in [-0.2, -0.15) is 0 Å². The molecule has 0 saturated carbocycles. The van der Waals surface area contributed by atoms with Crippen LogP contribution in [0.2, 0.25) is 5.02 Å². The molecule has 4 rings (SSSR count). The van der Waals surface area contributed by atoms with Gasteiger partial charge in [0.25, 0.3) is 0 Å². The summed E-state index contributed by atoms with van der Waals surface area (Å²) < 4.78 is 27.4. The maximum atomic E-state index is 13.0. The fourth-order valence-corrected chi connectivity index (χ4v) is 6.70. The molecule has 0 radical (unpaired) electrons. The zero-order chi connectivity index (χ0) is 24.0. The normalized spacial score (nSPS) is 20.2. The Morgan fingerprint density at radius 1 is 0.941 bits per heavy atom. The number of nitrogens with zero attached hydrogens (tertiary/aromatic N) is 2. The Hall–Kier alpha value is -1.93. The summed E-state index contributed by atoms with van der Waals surface area (Å²) in [6.45, 7) is 4.38. The van der Waals surface area contributed by atoms with E-state index in [0.29, 0.717) is 36.5 Å². The molecule has 2 aromatic carbocycles. The predicted molar refractivity (Wildman–Crippen MR) is 136 cm³/mol. The van der Waals surface area contributed by atoms with Gasteiger partial charge in [-0.3, -0.25) is 9.69 Å². The Morgan fingerprint density at radius 3 is 2.47 bits per heavy atom. The average Bonchev–Trinajstić information content (AvgIpc) is 2.83. The molecule has 1 amide bonds. The second kappa shape index (κ2) is 11.7. The Labute approximate surface area is 208 Å². The SMILES string of the molecule is O=C(NCc1cccc(CN2CCCCC2)c1)[C@H]1CCCN(S(=O)(=O)Cc2cccc(Cl)c2)C1. The van der Waals surface area contributed by atoms with Crippen LogP contribution in [0, 0.1) is 5.92 Å². The number of piperidine rings is 2. The molecule has 6 nitrogen and oxygen atoms in total. The molecule has 2 aliphatic rings. The van der Waals surface area contributed by atoms with E-state index in [2.05, 4.69) is 22.3 Å². The minimum atomic E-state index is -3.52. The van der Waals surface area contributed by atoms with Crippen LogP contribution in [0.1, 0.15) is 48.8 Å². The smallest absolute Gasteiger partial charge is 0.224 e. The van der Waals surface area contributed by atoms with Crippen LogP contribution in [0.15, 0.2) is 48.5 Å². The summed E-state index contributed by atoms with van der Waals surface area (Å²) in [6, 6.07) is 15.3. The summed E-state index contributed by atoms with van der Waals surface area (Å²) in [7, 11) is -3.52. The van der Waals surface area contributed by atoms with E-state index in [4.69, 9.17) is 11.6 Å². The van der Waals surface area contributed by atoms with E-state index in [0.717, 1.165) is 25.2 Å². The number of hydrogen-bond acceptors (Lipinski definition) is 4. The molecule has 0 aromatic heterocycles. The molecular formula is C26H34ClN3O3S. The van der Waals surface area contributed by atoms with Crippen molar-refractivity contribution in [3.63, 3.8) is 0 Å². The van der Waals surface area contributed by atoms with Gasteiger partial charge in [0.15, 0.2) is 0 Å². The molecule has 2 aliphatic heterocycles. The topological polar surface area (TPSA) is 69.7 Å². The molecule has 0 aliphatic carbocycles. The highest BCUT2D eigenvalue weighted by Crippen LogP contribution is 2.23. The van der Waals surface area contributed by atoms with Crippen molar-refractivity contribution < 1.29 is 13.2 Å². The van der Waals surface area contributed by atoms with E-state index in [-0.39, 0.29) is 24.1 Å². The molecule has 2 fully saturated rings. The van der Waals surface area contributed by atoms with Crippen molar-refractivity contribution in [3.8, 4) is 0 Å². The van der Waals surface area contributed by atoms with Crippen molar-refractivity contribution in [1.82, 2.24) is 14.5 Å². The molecule has 0 spiro atoms. The molecule has 2 saturated heterocycles.